The van der Waals surface area contributed by atoms with Crippen LogP contribution in [0.1, 0.15) is 68.4 Å². The molecule has 2 aromatic rings. The molecule has 1 saturated heterocycles. The molecule has 156 valence electrons. The molecule has 0 aromatic carbocycles. The highest BCUT2D eigenvalue weighted by Crippen LogP contribution is 2.37. The van der Waals surface area contributed by atoms with Gasteiger partial charge in [0.15, 0.2) is 0 Å². The minimum Gasteiger partial charge on any atom is -0.356 e. The van der Waals surface area contributed by atoms with Crippen LogP contribution in [0.25, 0.3) is 10.4 Å². The summed E-state index contributed by atoms with van der Waals surface area (Å²) >= 11 is 1.70. The van der Waals surface area contributed by atoms with Crippen LogP contribution in [0, 0.1) is 19.3 Å². The number of rotatable bonds is 4. The van der Waals surface area contributed by atoms with E-state index in [1.807, 2.05) is 26.1 Å². The van der Waals surface area contributed by atoms with Crippen LogP contribution in [0.2, 0.25) is 0 Å². The second kappa shape index (κ2) is 8.70. The van der Waals surface area contributed by atoms with Gasteiger partial charge in [-0.1, -0.05) is 19.9 Å². The third-order valence-corrected chi connectivity index (χ3v) is 7.09. The fraction of sp³-hybridized carbons (Fsp3) is 0.500. The van der Waals surface area contributed by atoms with Crippen molar-refractivity contribution in [1.29, 1.82) is 0 Å². The lowest BCUT2D eigenvalue weighted by Gasteiger charge is -2.27. The van der Waals surface area contributed by atoms with Gasteiger partial charge in [-0.05, 0) is 74.9 Å². The number of pyridine rings is 1. The van der Waals surface area contributed by atoms with E-state index in [0.29, 0.717) is 11.0 Å². The van der Waals surface area contributed by atoms with E-state index in [0.717, 1.165) is 48.6 Å². The average Bonchev–Trinajstić information content (AvgIpc) is 3.00. The van der Waals surface area contributed by atoms with Gasteiger partial charge in [-0.3, -0.25) is 4.79 Å². The smallest absolute Gasteiger partial charge is 0.259 e. The van der Waals surface area contributed by atoms with Crippen LogP contribution < -0.4 is 10.2 Å². The van der Waals surface area contributed by atoms with Gasteiger partial charge in [0.2, 0.25) is 0 Å². The summed E-state index contributed by atoms with van der Waals surface area (Å²) in [5.74, 6) is 0.750. The third kappa shape index (κ3) is 4.72. The molecule has 1 amide bonds. The largest absolute Gasteiger partial charge is 0.356 e. The zero-order chi connectivity index (χ0) is 21.2. The Bertz CT molecular complexity index is 926. The monoisotopic (exact) mass is 411 g/mol. The first-order valence-corrected chi connectivity index (χ1v) is 11.3. The van der Waals surface area contributed by atoms with Gasteiger partial charge in [0.05, 0.1) is 5.56 Å². The quantitative estimate of drug-likeness (QED) is 0.661. The van der Waals surface area contributed by atoms with Crippen LogP contribution in [0.15, 0.2) is 29.4 Å². The molecule has 5 heteroatoms. The molecule has 1 N–H and O–H groups in total. The van der Waals surface area contributed by atoms with Crippen molar-refractivity contribution in [2.45, 2.75) is 60.8 Å². The van der Waals surface area contributed by atoms with Gasteiger partial charge in [0, 0.05) is 35.4 Å². The lowest BCUT2D eigenvalue weighted by Crippen LogP contribution is -2.31. The Kier molecular flexibility index (Phi) is 6.47. The lowest BCUT2D eigenvalue weighted by atomic mass is 9.85. The van der Waals surface area contributed by atoms with Crippen molar-refractivity contribution in [1.82, 2.24) is 10.3 Å². The van der Waals surface area contributed by atoms with Crippen molar-refractivity contribution in [2.75, 3.05) is 18.0 Å². The first-order chi connectivity index (χ1) is 13.7. The third-order valence-electron chi connectivity index (χ3n) is 6.04. The first-order valence-electron chi connectivity index (χ1n) is 10.5. The summed E-state index contributed by atoms with van der Waals surface area (Å²) in [6.45, 7) is 14.6. The Hall–Kier alpha value is -2.14. The second-order valence-corrected chi connectivity index (χ2v) is 9.77. The SMILES string of the molecule is C/C=C(\C)NC(=O)c1c(N2CCCC(C)(C)CC2)ncc(-c2sccc2C)c1C. The molecular formula is C24H33N3OS. The van der Waals surface area contributed by atoms with Crippen LogP contribution >= 0.6 is 11.3 Å². The number of hydrogen-bond donors (Lipinski definition) is 1. The van der Waals surface area contributed by atoms with E-state index in [1.165, 1.54) is 16.9 Å². The molecule has 3 rings (SSSR count). The van der Waals surface area contributed by atoms with Gasteiger partial charge in [0.1, 0.15) is 5.82 Å². The molecule has 1 aliphatic rings. The van der Waals surface area contributed by atoms with Crippen molar-refractivity contribution >= 4 is 23.1 Å². The fourth-order valence-electron chi connectivity index (χ4n) is 3.93. The van der Waals surface area contributed by atoms with Gasteiger partial charge in [-0.25, -0.2) is 4.98 Å². The van der Waals surface area contributed by atoms with E-state index < -0.39 is 0 Å². The number of aromatic nitrogens is 1. The Morgan fingerprint density at radius 1 is 1.28 bits per heavy atom. The van der Waals surface area contributed by atoms with E-state index in [2.05, 4.69) is 49.4 Å². The number of nitrogens with zero attached hydrogens (tertiary/aromatic N) is 2. The van der Waals surface area contributed by atoms with Crippen molar-refractivity contribution in [2.24, 2.45) is 5.41 Å². The summed E-state index contributed by atoms with van der Waals surface area (Å²) in [6, 6.07) is 2.12. The van der Waals surface area contributed by atoms with E-state index in [9.17, 15) is 4.79 Å². The highest BCUT2D eigenvalue weighted by atomic mass is 32.1. The topological polar surface area (TPSA) is 45.2 Å². The Balaban J connectivity index is 2.09. The Morgan fingerprint density at radius 2 is 2.03 bits per heavy atom. The number of amides is 1. The van der Waals surface area contributed by atoms with E-state index in [1.54, 1.807) is 11.3 Å². The number of aryl methyl sites for hydroxylation is 1. The van der Waals surface area contributed by atoms with Gasteiger partial charge in [-0.2, -0.15) is 0 Å². The van der Waals surface area contributed by atoms with Gasteiger partial charge < -0.3 is 10.2 Å². The van der Waals surface area contributed by atoms with Crippen LogP contribution in [0.3, 0.4) is 0 Å². The standard InChI is InChI=1S/C24H33N3OS/c1-7-17(3)26-23(28)20-18(4)19(21-16(2)9-14-29-21)15-25-22(20)27-12-8-10-24(5,6)11-13-27/h7,9,14-15H,8,10-13H2,1-6H3,(H,26,28)/b17-7+. The normalized spacial score (nSPS) is 17.2. The zero-order valence-corrected chi connectivity index (χ0v) is 19.4. The van der Waals surface area contributed by atoms with Crippen LogP contribution in [-0.4, -0.2) is 24.0 Å². The highest BCUT2D eigenvalue weighted by Gasteiger charge is 2.28. The highest BCUT2D eigenvalue weighted by molar-refractivity contribution is 7.13. The van der Waals surface area contributed by atoms with E-state index in [4.69, 9.17) is 4.98 Å². The predicted octanol–water partition coefficient (Wildman–Crippen LogP) is 6.10. The number of carbonyl (C=O) groups excluding carboxylic acids is 1. The molecule has 0 saturated carbocycles. The molecule has 0 atom stereocenters. The lowest BCUT2D eigenvalue weighted by molar-refractivity contribution is 0.0965. The minimum atomic E-state index is -0.0693. The molecular weight excluding hydrogens is 378 g/mol. The summed E-state index contributed by atoms with van der Waals surface area (Å²) in [5.41, 5.74) is 5.18. The Morgan fingerprint density at radius 3 is 2.69 bits per heavy atom. The number of allylic oxidation sites excluding steroid dienone is 2. The van der Waals surface area contributed by atoms with Crippen molar-refractivity contribution in [3.63, 3.8) is 0 Å². The number of hydrogen-bond acceptors (Lipinski definition) is 4. The molecule has 2 aromatic heterocycles. The summed E-state index contributed by atoms with van der Waals surface area (Å²) in [4.78, 5) is 21.7. The summed E-state index contributed by atoms with van der Waals surface area (Å²) in [6.07, 6.45) is 7.30. The number of anilines is 1. The summed E-state index contributed by atoms with van der Waals surface area (Å²) in [7, 11) is 0. The van der Waals surface area contributed by atoms with Crippen molar-refractivity contribution in [3.8, 4) is 10.4 Å². The molecule has 0 spiro atoms. The molecule has 1 aliphatic heterocycles. The molecule has 4 nitrogen and oxygen atoms in total. The number of nitrogens with one attached hydrogen (secondary N) is 1. The number of carbonyl (C=O) groups is 1. The average molecular weight is 412 g/mol. The Labute approximate surface area is 179 Å². The maximum atomic E-state index is 13.3. The minimum absolute atomic E-state index is 0.0693. The van der Waals surface area contributed by atoms with E-state index in [-0.39, 0.29) is 5.91 Å². The maximum Gasteiger partial charge on any atom is 0.259 e. The van der Waals surface area contributed by atoms with Gasteiger partial charge >= 0.3 is 0 Å². The molecule has 3 heterocycles. The van der Waals surface area contributed by atoms with Gasteiger partial charge in [0.25, 0.3) is 5.91 Å². The van der Waals surface area contributed by atoms with Crippen LogP contribution in [0.5, 0.6) is 0 Å². The predicted molar refractivity (Wildman–Crippen MR) is 124 cm³/mol. The zero-order valence-electron chi connectivity index (χ0n) is 18.6. The maximum absolute atomic E-state index is 13.3. The van der Waals surface area contributed by atoms with Crippen molar-refractivity contribution < 1.29 is 4.79 Å². The van der Waals surface area contributed by atoms with E-state index >= 15 is 0 Å². The molecule has 1 fully saturated rings. The summed E-state index contributed by atoms with van der Waals surface area (Å²) in [5, 5.41) is 5.14. The van der Waals surface area contributed by atoms with Gasteiger partial charge in [-0.15, -0.1) is 11.3 Å². The molecule has 0 radical (unpaired) electrons. The molecule has 0 aliphatic carbocycles. The fourth-order valence-corrected chi connectivity index (χ4v) is 4.92. The molecule has 29 heavy (non-hydrogen) atoms. The van der Waals surface area contributed by atoms with Crippen LogP contribution in [0.4, 0.5) is 5.82 Å². The van der Waals surface area contributed by atoms with Crippen molar-refractivity contribution in [3.05, 3.63) is 46.1 Å². The second-order valence-electron chi connectivity index (χ2n) is 8.86. The van der Waals surface area contributed by atoms with Crippen LogP contribution in [-0.2, 0) is 0 Å². The number of thiophene rings is 1. The summed E-state index contributed by atoms with van der Waals surface area (Å²) < 4.78 is 0. The first kappa shape index (κ1) is 21.6. The molecule has 0 unspecified atom stereocenters. The molecule has 0 bridgehead atoms.